The maximum atomic E-state index is 12.4. The van der Waals surface area contributed by atoms with Gasteiger partial charge in [0.05, 0.1) is 30.5 Å². The minimum atomic E-state index is -1.16. The number of carboxylic acids is 1. The quantitative estimate of drug-likeness (QED) is 0.368. The van der Waals surface area contributed by atoms with E-state index in [0.29, 0.717) is 31.6 Å². The van der Waals surface area contributed by atoms with Crippen LogP contribution in [-0.2, 0) is 19.2 Å². The van der Waals surface area contributed by atoms with Crippen molar-refractivity contribution >= 4 is 23.7 Å². The highest BCUT2D eigenvalue weighted by atomic mass is 16.4. The molecular formula is C18H26N4O6. The summed E-state index contributed by atoms with van der Waals surface area (Å²) in [7, 11) is 0. The number of rotatable bonds is 7. The van der Waals surface area contributed by atoms with Crippen LogP contribution in [0, 0.1) is 17.8 Å². The first-order valence-corrected chi connectivity index (χ1v) is 9.39. The number of carbonyl (C=O) groups is 4. The number of hydrogen-bond acceptors (Lipinski definition) is 6. The summed E-state index contributed by atoms with van der Waals surface area (Å²) in [5.41, 5.74) is 5.68. The van der Waals surface area contributed by atoms with Crippen molar-refractivity contribution in [3.8, 4) is 0 Å². The Bertz CT molecular complexity index is 748. The topological polar surface area (TPSA) is 153 Å². The molecule has 2 fully saturated rings. The second-order valence-corrected chi connectivity index (χ2v) is 7.84. The van der Waals surface area contributed by atoms with E-state index in [0.717, 1.165) is 0 Å². The van der Waals surface area contributed by atoms with E-state index in [2.05, 4.69) is 5.32 Å². The number of primary amides is 1. The van der Waals surface area contributed by atoms with Crippen LogP contribution in [0.25, 0.3) is 0 Å². The van der Waals surface area contributed by atoms with E-state index < -0.39 is 23.9 Å². The minimum absolute atomic E-state index is 0.000954. The maximum Gasteiger partial charge on any atom is 0.352 e. The molecule has 2 saturated heterocycles. The Morgan fingerprint density at radius 2 is 2.04 bits per heavy atom. The first-order valence-electron chi connectivity index (χ1n) is 9.39. The molecule has 154 valence electrons. The van der Waals surface area contributed by atoms with Crippen molar-refractivity contribution in [2.24, 2.45) is 23.5 Å². The van der Waals surface area contributed by atoms with Crippen molar-refractivity contribution in [2.75, 3.05) is 26.2 Å². The van der Waals surface area contributed by atoms with E-state index in [9.17, 15) is 29.4 Å². The van der Waals surface area contributed by atoms with Gasteiger partial charge in [-0.1, -0.05) is 6.92 Å². The standard InChI is InChI=1S/C18H26N4O6/c1-8-11(7-21-4-3-10(6-21)16(25)20-5-12(19)24)15(18(27)28)22-14(8)13(9(2)23)17(22)26/h8-10,13-14,23H,3-7H2,1-2H3,(H2,19,24)(H,20,25)(H,27,28). The molecule has 0 aromatic carbocycles. The number of nitrogens with two attached hydrogens (primary N) is 1. The average Bonchev–Trinajstić information content (AvgIpc) is 3.15. The zero-order chi connectivity index (χ0) is 20.7. The fourth-order valence-corrected chi connectivity index (χ4v) is 4.60. The molecule has 5 N–H and O–H groups in total. The largest absolute Gasteiger partial charge is 0.477 e. The molecule has 0 radical (unpaired) electrons. The molecule has 3 aliphatic heterocycles. The first kappa shape index (κ1) is 20.3. The number of aliphatic hydroxyl groups excluding tert-OH is 1. The molecule has 3 amide bonds. The summed E-state index contributed by atoms with van der Waals surface area (Å²) < 4.78 is 0. The lowest BCUT2D eigenvalue weighted by Gasteiger charge is -2.46. The number of likely N-dealkylation sites (tertiary alicyclic amines) is 1. The summed E-state index contributed by atoms with van der Waals surface area (Å²) in [6.45, 7) is 4.59. The summed E-state index contributed by atoms with van der Waals surface area (Å²) in [6, 6.07) is -0.342. The van der Waals surface area contributed by atoms with Crippen molar-refractivity contribution in [1.29, 1.82) is 0 Å². The van der Waals surface area contributed by atoms with E-state index in [1.807, 2.05) is 11.8 Å². The number of carbonyl (C=O) groups excluding carboxylic acids is 3. The molecule has 0 bridgehead atoms. The monoisotopic (exact) mass is 394 g/mol. The summed E-state index contributed by atoms with van der Waals surface area (Å²) in [6.07, 6.45) is -0.243. The molecule has 0 aromatic rings. The Hall–Kier alpha value is -2.46. The van der Waals surface area contributed by atoms with Crippen LogP contribution in [0.1, 0.15) is 20.3 Å². The second-order valence-electron chi connectivity index (χ2n) is 7.84. The number of amides is 3. The zero-order valence-corrected chi connectivity index (χ0v) is 15.9. The molecule has 10 heteroatoms. The van der Waals surface area contributed by atoms with Crippen LogP contribution in [0.5, 0.6) is 0 Å². The highest BCUT2D eigenvalue weighted by Crippen LogP contribution is 2.47. The highest BCUT2D eigenvalue weighted by Gasteiger charge is 2.59. The first-order chi connectivity index (χ1) is 13.1. The SMILES string of the molecule is CC(O)C1C(=O)N2C(C(=O)O)=C(CN3CCC(C(=O)NCC(N)=O)C3)C(C)C12. The van der Waals surface area contributed by atoms with Crippen molar-refractivity contribution in [3.63, 3.8) is 0 Å². The van der Waals surface area contributed by atoms with Crippen molar-refractivity contribution in [2.45, 2.75) is 32.4 Å². The molecule has 3 heterocycles. The van der Waals surface area contributed by atoms with E-state index in [1.165, 1.54) is 4.90 Å². The fourth-order valence-electron chi connectivity index (χ4n) is 4.60. The summed E-state index contributed by atoms with van der Waals surface area (Å²) >= 11 is 0. The number of fused-ring (bicyclic) bond motifs is 1. The summed E-state index contributed by atoms with van der Waals surface area (Å²) in [5, 5.41) is 22.0. The van der Waals surface area contributed by atoms with E-state index in [-0.39, 0.29) is 41.9 Å². The molecule has 28 heavy (non-hydrogen) atoms. The molecule has 0 spiro atoms. The van der Waals surface area contributed by atoms with Gasteiger partial charge in [-0.3, -0.25) is 19.3 Å². The third-order valence-electron chi connectivity index (χ3n) is 5.99. The van der Waals surface area contributed by atoms with Crippen LogP contribution in [0.2, 0.25) is 0 Å². The van der Waals surface area contributed by atoms with Crippen molar-refractivity contribution in [3.05, 3.63) is 11.3 Å². The van der Waals surface area contributed by atoms with E-state index in [1.54, 1.807) is 6.92 Å². The Labute approximate surface area is 162 Å². The van der Waals surface area contributed by atoms with Gasteiger partial charge in [-0.25, -0.2) is 4.79 Å². The molecular weight excluding hydrogens is 368 g/mol. The van der Waals surface area contributed by atoms with Gasteiger partial charge in [0.15, 0.2) is 0 Å². The Morgan fingerprint density at radius 1 is 1.36 bits per heavy atom. The number of nitrogens with zero attached hydrogens (tertiary/aromatic N) is 2. The molecule has 0 saturated carbocycles. The Balaban J connectivity index is 1.70. The van der Waals surface area contributed by atoms with Gasteiger partial charge in [-0.05, 0) is 25.5 Å². The van der Waals surface area contributed by atoms with Crippen LogP contribution in [0.4, 0.5) is 0 Å². The average molecular weight is 394 g/mol. The zero-order valence-electron chi connectivity index (χ0n) is 15.9. The van der Waals surface area contributed by atoms with Crippen LogP contribution in [0.15, 0.2) is 11.3 Å². The molecule has 3 aliphatic rings. The molecule has 5 atom stereocenters. The van der Waals surface area contributed by atoms with Crippen molar-refractivity contribution < 1.29 is 29.4 Å². The predicted molar refractivity (Wildman–Crippen MR) is 96.4 cm³/mol. The number of aliphatic carboxylic acids is 1. The maximum absolute atomic E-state index is 12.4. The lowest BCUT2D eigenvalue weighted by molar-refractivity contribution is -0.163. The van der Waals surface area contributed by atoms with E-state index >= 15 is 0 Å². The van der Waals surface area contributed by atoms with Gasteiger partial charge in [-0.2, -0.15) is 0 Å². The van der Waals surface area contributed by atoms with Crippen LogP contribution < -0.4 is 11.1 Å². The minimum Gasteiger partial charge on any atom is -0.477 e. The lowest BCUT2D eigenvalue weighted by atomic mass is 9.77. The van der Waals surface area contributed by atoms with Gasteiger partial charge in [0.1, 0.15) is 5.70 Å². The normalized spacial score (nSPS) is 30.8. The summed E-state index contributed by atoms with van der Waals surface area (Å²) in [5.74, 6) is -3.45. The molecule has 0 aliphatic carbocycles. The lowest BCUT2D eigenvalue weighted by Crippen LogP contribution is -2.63. The fraction of sp³-hybridized carbons (Fsp3) is 0.667. The van der Waals surface area contributed by atoms with Crippen LogP contribution in [-0.4, -0.2) is 82.0 Å². The van der Waals surface area contributed by atoms with Crippen molar-refractivity contribution in [1.82, 2.24) is 15.1 Å². The molecule has 10 nitrogen and oxygen atoms in total. The third kappa shape index (κ3) is 3.37. The number of aliphatic hydroxyl groups is 1. The highest BCUT2D eigenvalue weighted by molar-refractivity contribution is 6.00. The summed E-state index contributed by atoms with van der Waals surface area (Å²) in [4.78, 5) is 50.4. The molecule has 0 aromatic heterocycles. The van der Waals surface area contributed by atoms with Crippen LogP contribution in [0.3, 0.4) is 0 Å². The molecule has 5 unspecified atom stereocenters. The van der Waals surface area contributed by atoms with Crippen LogP contribution >= 0.6 is 0 Å². The number of hydrogen-bond donors (Lipinski definition) is 4. The number of β-lactam (4-membered cyclic amide) rings is 1. The van der Waals surface area contributed by atoms with Gasteiger partial charge < -0.3 is 26.2 Å². The second kappa shape index (κ2) is 7.51. The van der Waals surface area contributed by atoms with Gasteiger partial charge >= 0.3 is 5.97 Å². The molecule has 3 rings (SSSR count). The van der Waals surface area contributed by atoms with Gasteiger partial charge in [0.2, 0.25) is 17.7 Å². The third-order valence-corrected chi connectivity index (χ3v) is 5.99. The smallest absolute Gasteiger partial charge is 0.352 e. The Kier molecular flexibility index (Phi) is 5.44. The predicted octanol–water partition coefficient (Wildman–Crippen LogP) is -1.89. The van der Waals surface area contributed by atoms with Gasteiger partial charge in [0, 0.05) is 19.0 Å². The van der Waals surface area contributed by atoms with E-state index in [4.69, 9.17) is 5.73 Å². The number of carboxylic acid groups (broad SMARTS) is 1. The van der Waals surface area contributed by atoms with Gasteiger partial charge in [-0.15, -0.1) is 0 Å². The van der Waals surface area contributed by atoms with Gasteiger partial charge in [0.25, 0.3) is 0 Å². The number of nitrogens with one attached hydrogen (secondary N) is 1. The Morgan fingerprint density at radius 3 is 2.61 bits per heavy atom.